The minimum Gasteiger partial charge on any atom is -0.296 e. The van der Waals surface area contributed by atoms with E-state index in [1.807, 2.05) is 0 Å². The van der Waals surface area contributed by atoms with Crippen molar-refractivity contribution in [1.82, 2.24) is 4.98 Å². The number of nitrogens with zero attached hydrogens (tertiary/aromatic N) is 1. The SMILES string of the molecule is O=Cc1cc(C(F)F)c(Br)c(C(F)(F)F)n1. The molecule has 0 saturated heterocycles. The van der Waals surface area contributed by atoms with Crippen LogP contribution in [0.4, 0.5) is 22.0 Å². The highest BCUT2D eigenvalue weighted by atomic mass is 79.9. The van der Waals surface area contributed by atoms with Crippen LogP contribution in [0.2, 0.25) is 0 Å². The molecule has 0 saturated carbocycles. The molecule has 1 heterocycles. The molecule has 1 aromatic heterocycles. The van der Waals surface area contributed by atoms with Gasteiger partial charge in [0.05, 0.1) is 4.47 Å². The molecule has 8 heteroatoms. The van der Waals surface area contributed by atoms with Crippen molar-refractivity contribution in [2.24, 2.45) is 0 Å². The molecule has 88 valence electrons. The Bertz CT molecular complexity index is 418. The van der Waals surface area contributed by atoms with Crippen LogP contribution in [0.1, 0.15) is 28.2 Å². The summed E-state index contributed by atoms with van der Waals surface area (Å²) < 4.78 is 61.0. The average Bonchev–Trinajstić information content (AvgIpc) is 2.15. The molecular formula is C8H3BrF5NO. The summed E-state index contributed by atoms with van der Waals surface area (Å²) in [7, 11) is 0. The van der Waals surface area contributed by atoms with Crippen molar-refractivity contribution in [2.75, 3.05) is 0 Å². The zero-order valence-electron chi connectivity index (χ0n) is 7.36. The van der Waals surface area contributed by atoms with Crippen LogP contribution < -0.4 is 0 Å². The van der Waals surface area contributed by atoms with Crippen LogP contribution in [-0.4, -0.2) is 11.3 Å². The monoisotopic (exact) mass is 303 g/mol. The number of aromatic nitrogens is 1. The van der Waals surface area contributed by atoms with Crippen LogP contribution in [0.3, 0.4) is 0 Å². The van der Waals surface area contributed by atoms with Crippen LogP contribution in [0.5, 0.6) is 0 Å². The lowest BCUT2D eigenvalue weighted by Crippen LogP contribution is -2.12. The second-order valence-corrected chi connectivity index (χ2v) is 3.51. The third-order valence-electron chi connectivity index (χ3n) is 1.63. The summed E-state index contributed by atoms with van der Waals surface area (Å²) in [6.07, 6.45) is -8.05. The molecule has 0 amide bonds. The minimum absolute atomic E-state index is 0.0203. The van der Waals surface area contributed by atoms with Crippen molar-refractivity contribution < 1.29 is 26.7 Å². The lowest BCUT2D eigenvalue weighted by Gasteiger charge is -2.12. The summed E-state index contributed by atoms with van der Waals surface area (Å²) in [6.45, 7) is 0. The number of halogens is 6. The van der Waals surface area contributed by atoms with Crippen LogP contribution in [0, 0.1) is 0 Å². The normalized spacial score (nSPS) is 11.9. The number of hydrogen-bond acceptors (Lipinski definition) is 2. The summed E-state index contributed by atoms with van der Waals surface area (Å²) >= 11 is 2.40. The predicted octanol–water partition coefficient (Wildman–Crippen LogP) is 3.61. The molecule has 0 bridgehead atoms. The van der Waals surface area contributed by atoms with Gasteiger partial charge < -0.3 is 0 Å². The predicted molar refractivity (Wildman–Crippen MR) is 47.3 cm³/mol. The maximum atomic E-state index is 12.4. The van der Waals surface area contributed by atoms with Gasteiger partial charge in [0.15, 0.2) is 12.0 Å². The first-order valence-corrected chi connectivity index (χ1v) is 4.57. The highest BCUT2D eigenvalue weighted by Crippen LogP contribution is 2.38. The third-order valence-corrected chi connectivity index (χ3v) is 2.46. The van der Waals surface area contributed by atoms with Crippen molar-refractivity contribution in [3.8, 4) is 0 Å². The molecule has 1 aromatic rings. The maximum Gasteiger partial charge on any atom is 0.434 e. The molecule has 0 aliphatic rings. The molecule has 0 aliphatic heterocycles. The number of pyridine rings is 1. The molecule has 0 fully saturated rings. The second kappa shape index (κ2) is 4.44. The van der Waals surface area contributed by atoms with Crippen LogP contribution >= 0.6 is 15.9 Å². The highest BCUT2D eigenvalue weighted by Gasteiger charge is 2.37. The van der Waals surface area contributed by atoms with Gasteiger partial charge in [-0.2, -0.15) is 13.2 Å². The molecular weight excluding hydrogens is 301 g/mol. The van der Waals surface area contributed by atoms with Crippen LogP contribution in [0.15, 0.2) is 10.5 Å². The number of rotatable bonds is 2. The Labute approximate surface area is 94.6 Å². The summed E-state index contributed by atoms with van der Waals surface area (Å²) in [5.74, 6) is 0. The minimum atomic E-state index is -4.90. The van der Waals surface area contributed by atoms with E-state index < -0.39 is 34.0 Å². The Hall–Kier alpha value is -1.05. The molecule has 16 heavy (non-hydrogen) atoms. The van der Waals surface area contributed by atoms with E-state index in [0.29, 0.717) is 6.07 Å². The molecule has 1 rings (SSSR count). The van der Waals surface area contributed by atoms with Gasteiger partial charge in [0.1, 0.15) is 5.69 Å². The van der Waals surface area contributed by atoms with E-state index in [1.54, 1.807) is 0 Å². The average molecular weight is 304 g/mol. The summed E-state index contributed by atoms with van der Waals surface area (Å²) in [5, 5.41) is 0. The zero-order valence-corrected chi connectivity index (χ0v) is 8.94. The second-order valence-electron chi connectivity index (χ2n) is 2.72. The van der Waals surface area contributed by atoms with Gasteiger partial charge in [-0.3, -0.25) is 4.79 Å². The van der Waals surface area contributed by atoms with Crippen molar-refractivity contribution in [2.45, 2.75) is 12.6 Å². The lowest BCUT2D eigenvalue weighted by atomic mass is 10.2. The summed E-state index contributed by atoms with van der Waals surface area (Å²) in [4.78, 5) is 13.2. The topological polar surface area (TPSA) is 30.0 Å². The van der Waals surface area contributed by atoms with Gasteiger partial charge in [-0.15, -0.1) is 0 Å². The Morgan fingerprint density at radius 2 is 1.94 bits per heavy atom. The molecule has 2 nitrogen and oxygen atoms in total. The Morgan fingerprint density at radius 3 is 2.31 bits per heavy atom. The highest BCUT2D eigenvalue weighted by molar-refractivity contribution is 9.10. The number of aldehydes is 1. The number of alkyl halides is 5. The Balaban J connectivity index is 3.49. The smallest absolute Gasteiger partial charge is 0.296 e. The van der Waals surface area contributed by atoms with Gasteiger partial charge >= 0.3 is 6.18 Å². The van der Waals surface area contributed by atoms with Crippen molar-refractivity contribution in [3.05, 3.63) is 27.5 Å². The fourth-order valence-corrected chi connectivity index (χ4v) is 1.58. The first-order chi connectivity index (χ1) is 7.27. The van der Waals surface area contributed by atoms with Crippen molar-refractivity contribution in [3.63, 3.8) is 0 Å². The van der Waals surface area contributed by atoms with Crippen molar-refractivity contribution >= 4 is 22.2 Å². The van der Waals surface area contributed by atoms with Crippen LogP contribution in [-0.2, 0) is 6.18 Å². The Morgan fingerprint density at radius 1 is 1.38 bits per heavy atom. The summed E-state index contributed by atoms with van der Waals surface area (Å²) in [6, 6.07) is 0.608. The number of hydrogen-bond donors (Lipinski definition) is 0. The largest absolute Gasteiger partial charge is 0.434 e. The molecule has 0 spiro atoms. The molecule has 0 aliphatic carbocycles. The standard InChI is InChI=1S/C8H3BrF5NO/c9-5-4(7(10)11)1-3(2-16)15-6(5)8(12,13)14/h1-2,7H. The van der Waals surface area contributed by atoms with E-state index in [2.05, 4.69) is 20.9 Å². The number of carbonyl (C=O) groups is 1. The van der Waals surface area contributed by atoms with Gasteiger partial charge in [0.25, 0.3) is 6.43 Å². The maximum absolute atomic E-state index is 12.4. The van der Waals surface area contributed by atoms with Gasteiger partial charge in [0.2, 0.25) is 0 Å². The van der Waals surface area contributed by atoms with Crippen LogP contribution in [0.25, 0.3) is 0 Å². The molecule has 0 N–H and O–H groups in total. The van der Waals surface area contributed by atoms with E-state index in [4.69, 9.17) is 0 Å². The van der Waals surface area contributed by atoms with Gasteiger partial charge in [-0.1, -0.05) is 0 Å². The van der Waals surface area contributed by atoms with E-state index in [-0.39, 0.29) is 6.29 Å². The lowest BCUT2D eigenvalue weighted by molar-refractivity contribution is -0.142. The zero-order chi connectivity index (χ0) is 12.5. The Kier molecular flexibility index (Phi) is 3.61. The van der Waals surface area contributed by atoms with E-state index in [0.717, 1.165) is 0 Å². The van der Waals surface area contributed by atoms with Gasteiger partial charge in [-0.05, 0) is 22.0 Å². The van der Waals surface area contributed by atoms with E-state index in [9.17, 15) is 26.7 Å². The van der Waals surface area contributed by atoms with Gasteiger partial charge in [-0.25, -0.2) is 13.8 Å². The molecule has 0 unspecified atom stereocenters. The fraction of sp³-hybridized carbons (Fsp3) is 0.250. The molecule has 0 aromatic carbocycles. The van der Waals surface area contributed by atoms with Gasteiger partial charge in [0, 0.05) is 5.56 Å². The molecule has 0 atom stereocenters. The van der Waals surface area contributed by atoms with Crippen molar-refractivity contribution in [1.29, 1.82) is 0 Å². The number of carbonyl (C=O) groups excluding carboxylic acids is 1. The van der Waals surface area contributed by atoms with E-state index in [1.165, 1.54) is 0 Å². The molecule has 0 radical (unpaired) electrons. The quantitative estimate of drug-likeness (QED) is 0.617. The first-order valence-electron chi connectivity index (χ1n) is 3.78. The van der Waals surface area contributed by atoms with E-state index >= 15 is 0 Å². The third kappa shape index (κ3) is 2.55. The summed E-state index contributed by atoms with van der Waals surface area (Å²) in [5.41, 5.74) is -3.14. The first kappa shape index (κ1) is 13.0. The fourth-order valence-electron chi connectivity index (χ4n) is 0.977.